The Morgan fingerprint density at radius 3 is 2.41 bits per heavy atom. The second-order valence-electron chi connectivity index (χ2n) is 10.5. The maximum atomic E-state index is 14.0. The molecule has 0 aliphatic carbocycles. The Morgan fingerprint density at radius 2 is 1.80 bits per heavy atom. The summed E-state index contributed by atoms with van der Waals surface area (Å²) in [6.45, 7) is 2.43. The number of nitrogens with one attached hydrogen (secondary N) is 1. The molecule has 4 heterocycles. The van der Waals surface area contributed by atoms with Gasteiger partial charge in [-0.1, -0.05) is 5.92 Å². The van der Waals surface area contributed by atoms with E-state index in [1.54, 1.807) is 18.2 Å². The molecule has 41 heavy (non-hydrogen) atoms. The van der Waals surface area contributed by atoms with Crippen LogP contribution in [0.2, 0.25) is 0 Å². The summed E-state index contributed by atoms with van der Waals surface area (Å²) < 4.78 is 28.8. The van der Waals surface area contributed by atoms with E-state index in [2.05, 4.69) is 20.8 Å². The molecule has 3 unspecified atom stereocenters. The SMILES string of the molecule is C#Cc1ccc2[nH]c(S(=O)(=O)N3CC(CC(N)=O)N(C(=O)c4nc5c(s4)C(C)N(C)CC5)C(CC(N)=O)C3)cc2c1. The number of fused-ring (bicyclic) bond motifs is 2. The standard InChI is InChI=1S/C27H31N7O5S2/c1-4-16-5-6-20-17(9-16)10-24(30-20)41(38,39)33-13-18(11-22(28)35)34(19(14-33)12-23(29)36)27(37)26-31-21-7-8-32(3)15(2)25(21)40-26/h1,5-6,9-10,15,18-19,30H,7-8,11-14H2,2-3H3,(H2,28,35)(H2,29,36). The molecule has 12 nitrogen and oxygen atoms in total. The van der Waals surface area contributed by atoms with Crippen molar-refractivity contribution in [2.45, 2.75) is 49.3 Å². The van der Waals surface area contributed by atoms with Crippen LogP contribution < -0.4 is 11.5 Å². The van der Waals surface area contributed by atoms with Crippen molar-refractivity contribution in [3.63, 3.8) is 0 Å². The molecule has 0 spiro atoms. The Kier molecular flexibility index (Phi) is 7.64. The van der Waals surface area contributed by atoms with Crippen LogP contribution in [-0.2, 0) is 26.0 Å². The van der Waals surface area contributed by atoms with Crippen LogP contribution in [0, 0.1) is 12.3 Å². The molecule has 0 bridgehead atoms. The summed E-state index contributed by atoms with van der Waals surface area (Å²) in [7, 11) is -2.14. The van der Waals surface area contributed by atoms with Crippen molar-refractivity contribution in [2.24, 2.45) is 11.5 Å². The second kappa shape index (κ2) is 10.9. The van der Waals surface area contributed by atoms with Crippen LogP contribution in [0.4, 0.5) is 0 Å². The van der Waals surface area contributed by atoms with Crippen molar-refractivity contribution in [3.8, 4) is 12.3 Å². The number of likely N-dealkylation sites (N-methyl/N-ethyl adjacent to an activating group) is 1. The fourth-order valence-electron chi connectivity index (χ4n) is 5.56. The number of hydrogen-bond donors (Lipinski definition) is 3. The van der Waals surface area contributed by atoms with Crippen LogP contribution >= 0.6 is 11.3 Å². The molecule has 2 aromatic heterocycles. The summed E-state index contributed by atoms with van der Waals surface area (Å²) in [6, 6.07) is 4.76. The van der Waals surface area contributed by atoms with Gasteiger partial charge in [-0.2, -0.15) is 4.31 Å². The minimum Gasteiger partial charge on any atom is -0.370 e. The van der Waals surface area contributed by atoms with Crippen LogP contribution in [-0.4, -0.2) is 89.0 Å². The highest BCUT2D eigenvalue weighted by atomic mass is 32.2. The number of rotatable bonds is 7. The molecule has 1 fully saturated rings. The summed E-state index contributed by atoms with van der Waals surface area (Å²) in [5.74, 6) is 0.604. The molecule has 3 aromatic rings. The number of nitrogens with zero attached hydrogens (tertiary/aromatic N) is 4. The fraction of sp³-hybridized carbons (Fsp3) is 0.407. The number of aromatic nitrogens is 2. The van der Waals surface area contributed by atoms with Crippen LogP contribution in [0.3, 0.4) is 0 Å². The predicted molar refractivity (Wildman–Crippen MR) is 153 cm³/mol. The van der Waals surface area contributed by atoms with E-state index in [-0.39, 0.29) is 42.0 Å². The third kappa shape index (κ3) is 5.45. The van der Waals surface area contributed by atoms with Gasteiger partial charge in [0, 0.05) is 66.3 Å². The zero-order valence-electron chi connectivity index (χ0n) is 22.7. The number of benzene rings is 1. The molecule has 2 aliphatic heterocycles. The normalized spacial score (nSPS) is 21.9. The van der Waals surface area contributed by atoms with Gasteiger partial charge in [-0.15, -0.1) is 17.8 Å². The molecule has 0 saturated carbocycles. The van der Waals surface area contributed by atoms with Gasteiger partial charge in [0.1, 0.15) is 5.03 Å². The number of nitrogens with two attached hydrogens (primary N) is 2. The van der Waals surface area contributed by atoms with Crippen molar-refractivity contribution >= 4 is 50.0 Å². The molecular formula is C27H31N7O5S2. The van der Waals surface area contributed by atoms with E-state index in [9.17, 15) is 22.8 Å². The van der Waals surface area contributed by atoms with E-state index in [1.807, 2.05) is 14.0 Å². The smallest absolute Gasteiger partial charge is 0.283 e. The first-order valence-electron chi connectivity index (χ1n) is 13.1. The Hall–Kier alpha value is -3.77. The Morgan fingerprint density at radius 1 is 1.15 bits per heavy atom. The van der Waals surface area contributed by atoms with E-state index in [1.165, 1.54) is 22.3 Å². The van der Waals surface area contributed by atoms with Crippen molar-refractivity contribution in [1.29, 1.82) is 0 Å². The van der Waals surface area contributed by atoms with Gasteiger partial charge in [-0.25, -0.2) is 13.4 Å². The molecule has 2 aliphatic rings. The van der Waals surface area contributed by atoms with Crippen LogP contribution in [0.1, 0.15) is 51.7 Å². The monoisotopic (exact) mass is 597 g/mol. The lowest BCUT2D eigenvalue weighted by molar-refractivity contribution is -0.120. The van der Waals surface area contributed by atoms with Crippen molar-refractivity contribution in [2.75, 3.05) is 26.7 Å². The number of carbonyl (C=O) groups excluding carboxylic acids is 3. The number of piperazine rings is 1. The van der Waals surface area contributed by atoms with Gasteiger partial charge in [0.25, 0.3) is 15.9 Å². The molecule has 1 saturated heterocycles. The Balaban J connectivity index is 1.51. The van der Waals surface area contributed by atoms with E-state index < -0.39 is 39.8 Å². The number of carbonyl (C=O) groups is 3. The Labute approximate surface area is 241 Å². The first kappa shape index (κ1) is 28.7. The average Bonchev–Trinajstić information content (AvgIpc) is 3.54. The number of aromatic amines is 1. The van der Waals surface area contributed by atoms with Crippen LogP contribution in [0.15, 0.2) is 29.3 Å². The first-order valence-corrected chi connectivity index (χ1v) is 15.3. The van der Waals surface area contributed by atoms with E-state index in [0.29, 0.717) is 22.9 Å². The minimum absolute atomic E-state index is 0.0793. The Bertz CT molecular complexity index is 1660. The number of hydrogen-bond acceptors (Lipinski definition) is 8. The van der Waals surface area contributed by atoms with Crippen molar-refractivity contribution in [3.05, 3.63) is 45.4 Å². The number of sulfonamides is 1. The van der Waals surface area contributed by atoms with Gasteiger partial charge in [0.05, 0.1) is 17.8 Å². The van der Waals surface area contributed by atoms with Crippen molar-refractivity contribution < 1.29 is 22.8 Å². The molecular weight excluding hydrogens is 566 g/mol. The number of primary amides is 2. The number of H-pyrrole nitrogens is 1. The maximum Gasteiger partial charge on any atom is 0.283 e. The number of thiazole rings is 1. The summed E-state index contributed by atoms with van der Waals surface area (Å²) in [6.07, 6.45) is 5.55. The highest BCUT2D eigenvalue weighted by Crippen LogP contribution is 2.35. The van der Waals surface area contributed by atoms with Gasteiger partial charge in [0.15, 0.2) is 5.01 Å². The second-order valence-corrected chi connectivity index (χ2v) is 13.4. The zero-order valence-corrected chi connectivity index (χ0v) is 24.3. The molecule has 3 amide bonds. The van der Waals surface area contributed by atoms with Gasteiger partial charge in [0.2, 0.25) is 11.8 Å². The summed E-state index contributed by atoms with van der Waals surface area (Å²) >= 11 is 1.27. The van der Waals surface area contributed by atoms with Gasteiger partial charge in [-0.05, 0) is 38.2 Å². The van der Waals surface area contributed by atoms with E-state index in [4.69, 9.17) is 17.9 Å². The highest BCUT2D eigenvalue weighted by molar-refractivity contribution is 7.89. The lowest BCUT2D eigenvalue weighted by Crippen LogP contribution is -2.62. The number of terminal acetylenes is 1. The van der Waals surface area contributed by atoms with Crippen LogP contribution in [0.5, 0.6) is 0 Å². The molecule has 5 N–H and O–H groups in total. The lowest BCUT2D eigenvalue weighted by Gasteiger charge is -2.45. The minimum atomic E-state index is -4.14. The number of amides is 3. The van der Waals surface area contributed by atoms with Gasteiger partial charge >= 0.3 is 0 Å². The fourth-order valence-corrected chi connectivity index (χ4v) is 8.26. The van der Waals surface area contributed by atoms with Gasteiger partial charge < -0.3 is 21.4 Å². The van der Waals surface area contributed by atoms with E-state index >= 15 is 0 Å². The van der Waals surface area contributed by atoms with Crippen LogP contribution in [0.25, 0.3) is 10.9 Å². The average molecular weight is 598 g/mol. The zero-order chi connectivity index (χ0) is 29.6. The molecule has 1 aromatic carbocycles. The maximum absolute atomic E-state index is 14.0. The molecule has 216 valence electrons. The third-order valence-electron chi connectivity index (χ3n) is 7.76. The topological polar surface area (TPSA) is 176 Å². The largest absolute Gasteiger partial charge is 0.370 e. The van der Waals surface area contributed by atoms with Crippen molar-refractivity contribution in [1.82, 2.24) is 24.1 Å². The molecule has 3 atom stereocenters. The predicted octanol–water partition coefficient (Wildman–Crippen LogP) is 0.789. The third-order valence-corrected chi connectivity index (χ3v) is 10.8. The summed E-state index contributed by atoms with van der Waals surface area (Å²) in [4.78, 5) is 50.3. The molecule has 14 heteroatoms. The summed E-state index contributed by atoms with van der Waals surface area (Å²) in [5, 5.41) is 0.753. The highest BCUT2D eigenvalue weighted by Gasteiger charge is 2.44. The lowest BCUT2D eigenvalue weighted by atomic mass is 10.0. The van der Waals surface area contributed by atoms with Gasteiger partial charge in [-0.3, -0.25) is 19.3 Å². The first-order chi connectivity index (χ1) is 19.4. The quantitative estimate of drug-likeness (QED) is 0.337. The molecule has 5 rings (SSSR count). The van der Waals surface area contributed by atoms with E-state index in [0.717, 1.165) is 21.4 Å². The molecule has 0 radical (unpaired) electrons. The summed E-state index contributed by atoms with van der Waals surface area (Å²) in [5.41, 5.74) is 13.1.